The van der Waals surface area contributed by atoms with E-state index in [0.29, 0.717) is 0 Å². The van der Waals surface area contributed by atoms with Gasteiger partial charge in [0.1, 0.15) is 0 Å². The van der Waals surface area contributed by atoms with E-state index in [0.717, 1.165) is 13.1 Å². The smallest absolute Gasteiger partial charge is 0.438 e. The van der Waals surface area contributed by atoms with Crippen molar-refractivity contribution in [1.82, 2.24) is 9.80 Å². The number of hydrogen-bond donors (Lipinski definition) is 0. The maximum atomic E-state index is 10.8. The van der Waals surface area contributed by atoms with Crippen LogP contribution in [0.1, 0.15) is 0 Å². The van der Waals surface area contributed by atoms with Gasteiger partial charge in [-0.05, 0) is 0 Å². The van der Waals surface area contributed by atoms with Gasteiger partial charge in [-0.15, -0.1) is 0 Å². The lowest BCUT2D eigenvalue weighted by Gasteiger charge is -2.07. The molecule has 0 bridgehead atoms. The number of amides is 2. The molecule has 1 saturated heterocycles. The molecular weight excluding hydrogens is 188 g/mol. The second-order valence-corrected chi connectivity index (χ2v) is 2.78. The summed E-state index contributed by atoms with van der Waals surface area (Å²) in [5.74, 6) is 0. The van der Waals surface area contributed by atoms with Crippen LogP contribution in [0.25, 0.3) is 0 Å². The van der Waals surface area contributed by atoms with E-state index in [9.17, 15) is 9.59 Å². The minimum atomic E-state index is -0.657. The van der Waals surface area contributed by atoms with Gasteiger partial charge >= 0.3 is 12.2 Å². The average molecular weight is 204 g/mol. The van der Waals surface area contributed by atoms with Gasteiger partial charge in [0.25, 0.3) is 0 Å². The van der Waals surface area contributed by atoms with Crippen molar-refractivity contribution >= 4 is 12.2 Å². The fourth-order valence-electron chi connectivity index (χ4n) is 0.866. The van der Waals surface area contributed by atoms with Gasteiger partial charge in [0.2, 0.25) is 0 Å². The maximum Gasteiger partial charge on any atom is 0.507 e. The number of methoxy groups -OCH3 is 2. The van der Waals surface area contributed by atoms with Crippen molar-refractivity contribution in [3.05, 3.63) is 0 Å². The van der Waals surface area contributed by atoms with Crippen LogP contribution in [0.15, 0.2) is 0 Å². The monoisotopic (exact) mass is 204 g/mol. The lowest BCUT2D eigenvalue weighted by molar-refractivity contribution is 0.0924. The van der Waals surface area contributed by atoms with Crippen molar-refractivity contribution in [3.63, 3.8) is 0 Å². The summed E-state index contributed by atoms with van der Waals surface area (Å²) in [4.78, 5) is 23.9. The molecule has 0 unspecified atom stereocenters. The molecule has 82 valence electrons. The number of hydrogen-bond acceptors (Lipinski definition) is 4. The molecule has 1 heterocycles. The standard InChI is InChI=1S/C5H10N2O.C3H6O3/c1-6-3-4-7(2)5(6)8;1-5-3(4)6-2/h3-4H2,1-2H3;1-2H3. The topological polar surface area (TPSA) is 59.1 Å². The third-order valence-electron chi connectivity index (χ3n) is 1.76. The van der Waals surface area contributed by atoms with E-state index in [-0.39, 0.29) is 6.03 Å². The van der Waals surface area contributed by atoms with Crippen molar-refractivity contribution in [3.8, 4) is 0 Å². The summed E-state index contributed by atoms with van der Waals surface area (Å²) >= 11 is 0. The predicted octanol–water partition coefficient (Wildman–Crippen LogP) is 0.383. The van der Waals surface area contributed by atoms with Crippen LogP contribution in [0, 0.1) is 0 Å². The van der Waals surface area contributed by atoms with Gasteiger partial charge in [0, 0.05) is 27.2 Å². The van der Waals surface area contributed by atoms with Crippen molar-refractivity contribution < 1.29 is 19.1 Å². The van der Waals surface area contributed by atoms with Crippen LogP contribution in [0.4, 0.5) is 9.59 Å². The quantitative estimate of drug-likeness (QED) is 0.535. The summed E-state index contributed by atoms with van der Waals surface area (Å²) in [6, 6.07) is 0.130. The number of likely N-dealkylation sites (N-methyl/N-ethyl adjacent to an activating group) is 2. The molecule has 1 rings (SSSR count). The average Bonchev–Trinajstić information content (AvgIpc) is 2.49. The molecule has 1 aliphatic rings. The summed E-state index contributed by atoms with van der Waals surface area (Å²) < 4.78 is 8.08. The molecule has 0 aliphatic carbocycles. The molecule has 1 fully saturated rings. The molecule has 2 amide bonds. The number of nitrogens with zero attached hydrogens (tertiary/aromatic N) is 2. The van der Waals surface area contributed by atoms with E-state index in [1.807, 2.05) is 14.1 Å². The molecule has 0 aromatic heterocycles. The van der Waals surface area contributed by atoms with Gasteiger partial charge in [-0.2, -0.15) is 0 Å². The Morgan fingerprint density at radius 1 is 1.14 bits per heavy atom. The van der Waals surface area contributed by atoms with E-state index in [1.54, 1.807) is 9.80 Å². The highest BCUT2D eigenvalue weighted by Crippen LogP contribution is 2.00. The maximum absolute atomic E-state index is 10.8. The van der Waals surface area contributed by atoms with E-state index in [1.165, 1.54) is 14.2 Å². The highest BCUT2D eigenvalue weighted by Gasteiger charge is 2.20. The highest BCUT2D eigenvalue weighted by molar-refractivity contribution is 5.75. The second kappa shape index (κ2) is 6.06. The number of rotatable bonds is 0. The zero-order chi connectivity index (χ0) is 11.1. The van der Waals surface area contributed by atoms with Crippen LogP contribution in [0.2, 0.25) is 0 Å². The third kappa shape index (κ3) is 3.97. The SMILES string of the molecule is CN1CCN(C)C1=O.COC(=O)OC. The Morgan fingerprint density at radius 3 is 1.57 bits per heavy atom. The Morgan fingerprint density at radius 2 is 1.50 bits per heavy atom. The van der Waals surface area contributed by atoms with E-state index in [2.05, 4.69) is 9.47 Å². The van der Waals surface area contributed by atoms with Crippen LogP contribution in [-0.4, -0.2) is 63.4 Å². The van der Waals surface area contributed by atoms with Gasteiger partial charge in [-0.25, -0.2) is 9.59 Å². The summed E-state index contributed by atoms with van der Waals surface area (Å²) in [5, 5.41) is 0. The first kappa shape index (κ1) is 12.5. The fraction of sp³-hybridized carbons (Fsp3) is 0.750. The number of carbonyl (C=O) groups is 2. The molecule has 6 nitrogen and oxygen atoms in total. The van der Waals surface area contributed by atoms with Crippen molar-refractivity contribution in [2.45, 2.75) is 0 Å². The zero-order valence-electron chi connectivity index (χ0n) is 8.94. The lowest BCUT2D eigenvalue weighted by Crippen LogP contribution is -2.25. The molecule has 0 aromatic rings. The van der Waals surface area contributed by atoms with Gasteiger partial charge in [-0.3, -0.25) is 0 Å². The zero-order valence-corrected chi connectivity index (χ0v) is 8.94. The highest BCUT2D eigenvalue weighted by atomic mass is 16.7. The fourth-order valence-corrected chi connectivity index (χ4v) is 0.866. The van der Waals surface area contributed by atoms with E-state index >= 15 is 0 Å². The first-order valence-corrected chi connectivity index (χ1v) is 4.11. The molecule has 6 heteroatoms. The second-order valence-electron chi connectivity index (χ2n) is 2.78. The Bertz CT molecular complexity index is 190. The largest absolute Gasteiger partial charge is 0.507 e. The molecule has 1 aliphatic heterocycles. The van der Waals surface area contributed by atoms with Crippen LogP contribution in [-0.2, 0) is 9.47 Å². The summed E-state index contributed by atoms with van der Waals surface area (Å²) in [5.41, 5.74) is 0. The number of carbonyl (C=O) groups excluding carboxylic acids is 2. The number of urea groups is 1. The molecule has 0 atom stereocenters. The van der Waals surface area contributed by atoms with Crippen LogP contribution in [0.5, 0.6) is 0 Å². The Kier molecular flexibility index (Phi) is 5.43. The van der Waals surface area contributed by atoms with E-state index in [4.69, 9.17) is 0 Å². The molecule has 0 N–H and O–H groups in total. The lowest BCUT2D eigenvalue weighted by atomic mass is 10.6. The van der Waals surface area contributed by atoms with Gasteiger partial charge in [0.05, 0.1) is 14.2 Å². The minimum absolute atomic E-state index is 0.130. The Labute approximate surface area is 83.4 Å². The third-order valence-corrected chi connectivity index (χ3v) is 1.76. The van der Waals surface area contributed by atoms with Gasteiger partial charge in [0.15, 0.2) is 0 Å². The normalized spacial score (nSPS) is 14.7. The molecule has 0 aromatic carbocycles. The predicted molar refractivity (Wildman–Crippen MR) is 50.1 cm³/mol. The summed E-state index contributed by atoms with van der Waals surface area (Å²) in [6.07, 6.45) is -0.657. The Balaban J connectivity index is 0.000000255. The number of ether oxygens (including phenoxy) is 2. The van der Waals surface area contributed by atoms with Crippen molar-refractivity contribution in [2.24, 2.45) is 0 Å². The minimum Gasteiger partial charge on any atom is -0.438 e. The molecule has 0 saturated carbocycles. The molecule has 14 heavy (non-hydrogen) atoms. The Hall–Kier alpha value is -1.46. The summed E-state index contributed by atoms with van der Waals surface area (Å²) in [7, 11) is 6.13. The van der Waals surface area contributed by atoms with Crippen molar-refractivity contribution in [1.29, 1.82) is 0 Å². The van der Waals surface area contributed by atoms with Crippen molar-refractivity contribution in [2.75, 3.05) is 41.4 Å². The van der Waals surface area contributed by atoms with Crippen LogP contribution < -0.4 is 0 Å². The molecule has 0 radical (unpaired) electrons. The van der Waals surface area contributed by atoms with Crippen LogP contribution in [0.3, 0.4) is 0 Å². The van der Waals surface area contributed by atoms with Crippen LogP contribution >= 0.6 is 0 Å². The first-order chi connectivity index (χ1) is 6.52. The van der Waals surface area contributed by atoms with E-state index < -0.39 is 6.16 Å². The summed E-state index contributed by atoms with van der Waals surface area (Å²) in [6.45, 7) is 1.74. The molecular formula is C8H16N2O4. The van der Waals surface area contributed by atoms with Gasteiger partial charge in [-0.1, -0.05) is 0 Å². The van der Waals surface area contributed by atoms with Gasteiger partial charge < -0.3 is 19.3 Å². The first-order valence-electron chi connectivity index (χ1n) is 4.11. The molecule has 0 spiro atoms.